The van der Waals surface area contributed by atoms with Gasteiger partial charge in [-0.2, -0.15) is 0 Å². The minimum Gasteiger partial charge on any atom is -0.493 e. The fourth-order valence-corrected chi connectivity index (χ4v) is 2.52. The van der Waals surface area contributed by atoms with Crippen LogP contribution in [0.25, 0.3) is 0 Å². The molecule has 1 heterocycles. The normalized spacial score (nSPS) is 13.2. The number of hydrogen-bond donors (Lipinski definition) is 1. The molecule has 1 aliphatic rings. The average molecular weight is 267 g/mol. The second-order valence-corrected chi connectivity index (χ2v) is 5.67. The third-order valence-electron chi connectivity index (χ3n) is 3.83. The standard InChI is InChI=1S/C18H21NO/c1-13(2)15-5-3-14(4-6-15)12-19-17-7-8-18-16(11-17)9-10-20-18/h3-8,11,13,19H,9-10,12H2,1-2H3. The number of fused-ring (bicyclic) bond motifs is 1. The molecule has 1 N–H and O–H groups in total. The van der Waals surface area contributed by atoms with Crippen LogP contribution in [0.1, 0.15) is 36.5 Å². The zero-order valence-corrected chi connectivity index (χ0v) is 12.1. The van der Waals surface area contributed by atoms with Crippen LogP contribution in [0.15, 0.2) is 42.5 Å². The van der Waals surface area contributed by atoms with E-state index >= 15 is 0 Å². The van der Waals surface area contributed by atoms with Gasteiger partial charge in [0.05, 0.1) is 6.61 Å². The topological polar surface area (TPSA) is 21.3 Å². The van der Waals surface area contributed by atoms with Gasteiger partial charge < -0.3 is 10.1 Å². The summed E-state index contributed by atoms with van der Waals surface area (Å²) in [6.45, 7) is 6.12. The molecular weight excluding hydrogens is 246 g/mol. The molecular formula is C18H21NO. The zero-order chi connectivity index (χ0) is 13.9. The number of anilines is 1. The average Bonchev–Trinajstić information content (AvgIpc) is 2.93. The Morgan fingerprint density at radius 2 is 1.90 bits per heavy atom. The maximum Gasteiger partial charge on any atom is 0.122 e. The summed E-state index contributed by atoms with van der Waals surface area (Å²) in [6, 6.07) is 15.2. The highest BCUT2D eigenvalue weighted by molar-refractivity contribution is 5.52. The Morgan fingerprint density at radius 1 is 1.10 bits per heavy atom. The molecule has 0 fully saturated rings. The van der Waals surface area contributed by atoms with E-state index in [1.165, 1.54) is 22.4 Å². The smallest absolute Gasteiger partial charge is 0.122 e. The first-order chi connectivity index (χ1) is 9.72. The number of ether oxygens (including phenoxy) is 1. The van der Waals surface area contributed by atoms with Crippen LogP contribution < -0.4 is 10.1 Å². The third-order valence-corrected chi connectivity index (χ3v) is 3.83. The highest BCUT2D eigenvalue weighted by atomic mass is 16.5. The molecule has 0 bridgehead atoms. The van der Waals surface area contributed by atoms with Gasteiger partial charge in [0.15, 0.2) is 0 Å². The Kier molecular flexibility index (Phi) is 3.64. The number of benzene rings is 2. The maximum absolute atomic E-state index is 5.52. The Labute approximate surface area is 120 Å². The molecule has 3 rings (SSSR count). The van der Waals surface area contributed by atoms with Crippen molar-refractivity contribution in [3.63, 3.8) is 0 Å². The van der Waals surface area contributed by atoms with Crippen molar-refractivity contribution in [3.05, 3.63) is 59.2 Å². The monoisotopic (exact) mass is 267 g/mol. The van der Waals surface area contributed by atoms with E-state index in [1.54, 1.807) is 0 Å². The van der Waals surface area contributed by atoms with Crippen molar-refractivity contribution in [2.75, 3.05) is 11.9 Å². The molecule has 0 saturated carbocycles. The van der Waals surface area contributed by atoms with Crippen molar-refractivity contribution in [2.45, 2.75) is 32.7 Å². The van der Waals surface area contributed by atoms with Gasteiger partial charge in [-0.3, -0.25) is 0 Å². The largest absolute Gasteiger partial charge is 0.493 e. The number of rotatable bonds is 4. The van der Waals surface area contributed by atoms with E-state index < -0.39 is 0 Å². The van der Waals surface area contributed by atoms with Gasteiger partial charge in [-0.15, -0.1) is 0 Å². The van der Waals surface area contributed by atoms with Gasteiger partial charge in [0.1, 0.15) is 5.75 Å². The first-order valence-electron chi connectivity index (χ1n) is 7.31. The van der Waals surface area contributed by atoms with E-state index in [1.807, 2.05) is 0 Å². The summed E-state index contributed by atoms with van der Waals surface area (Å²) in [7, 11) is 0. The first-order valence-corrected chi connectivity index (χ1v) is 7.31. The highest BCUT2D eigenvalue weighted by Crippen LogP contribution is 2.28. The van der Waals surface area contributed by atoms with Crippen molar-refractivity contribution < 1.29 is 4.74 Å². The molecule has 2 heteroatoms. The van der Waals surface area contributed by atoms with Gasteiger partial charge in [0, 0.05) is 18.7 Å². The molecule has 0 radical (unpaired) electrons. The van der Waals surface area contributed by atoms with Crippen LogP contribution >= 0.6 is 0 Å². The summed E-state index contributed by atoms with van der Waals surface area (Å²) < 4.78 is 5.52. The SMILES string of the molecule is CC(C)c1ccc(CNc2ccc3c(c2)CCO3)cc1. The second kappa shape index (κ2) is 5.58. The summed E-state index contributed by atoms with van der Waals surface area (Å²) in [5.74, 6) is 1.63. The Bertz CT molecular complexity index is 587. The van der Waals surface area contributed by atoms with Crippen molar-refractivity contribution in [3.8, 4) is 5.75 Å². The minimum absolute atomic E-state index is 0.591. The lowest BCUT2D eigenvalue weighted by Gasteiger charge is -2.10. The molecule has 0 unspecified atom stereocenters. The number of hydrogen-bond acceptors (Lipinski definition) is 2. The van der Waals surface area contributed by atoms with E-state index in [0.717, 1.165) is 25.3 Å². The zero-order valence-electron chi connectivity index (χ0n) is 12.1. The van der Waals surface area contributed by atoms with Crippen LogP contribution in [0.3, 0.4) is 0 Å². The molecule has 2 aromatic rings. The molecule has 2 aromatic carbocycles. The molecule has 0 spiro atoms. The first kappa shape index (κ1) is 13.0. The van der Waals surface area contributed by atoms with Gasteiger partial charge in [0.25, 0.3) is 0 Å². The summed E-state index contributed by atoms with van der Waals surface area (Å²) in [4.78, 5) is 0. The lowest BCUT2D eigenvalue weighted by atomic mass is 10.0. The summed E-state index contributed by atoms with van der Waals surface area (Å²) in [5.41, 5.74) is 5.18. The predicted octanol–water partition coefficient (Wildman–Crippen LogP) is 4.36. The molecule has 20 heavy (non-hydrogen) atoms. The molecule has 0 atom stereocenters. The van der Waals surface area contributed by atoms with Crippen molar-refractivity contribution in [1.82, 2.24) is 0 Å². The van der Waals surface area contributed by atoms with Gasteiger partial charge >= 0.3 is 0 Å². The molecule has 0 saturated heterocycles. The van der Waals surface area contributed by atoms with Gasteiger partial charge in [-0.05, 0) is 40.8 Å². The van der Waals surface area contributed by atoms with E-state index in [0.29, 0.717) is 5.92 Å². The van der Waals surface area contributed by atoms with Gasteiger partial charge in [-0.1, -0.05) is 38.1 Å². The van der Waals surface area contributed by atoms with E-state index in [-0.39, 0.29) is 0 Å². The lowest BCUT2D eigenvalue weighted by Crippen LogP contribution is -2.00. The van der Waals surface area contributed by atoms with E-state index in [4.69, 9.17) is 4.74 Å². The lowest BCUT2D eigenvalue weighted by molar-refractivity contribution is 0.357. The summed E-state index contributed by atoms with van der Waals surface area (Å²) in [6.07, 6.45) is 1.02. The molecule has 0 aliphatic carbocycles. The minimum atomic E-state index is 0.591. The van der Waals surface area contributed by atoms with Gasteiger partial charge in [-0.25, -0.2) is 0 Å². The van der Waals surface area contributed by atoms with E-state index in [9.17, 15) is 0 Å². The quantitative estimate of drug-likeness (QED) is 0.888. The molecule has 104 valence electrons. The van der Waals surface area contributed by atoms with Crippen LogP contribution in [0, 0.1) is 0 Å². The highest BCUT2D eigenvalue weighted by Gasteiger charge is 2.11. The van der Waals surface area contributed by atoms with Gasteiger partial charge in [0.2, 0.25) is 0 Å². The predicted molar refractivity (Wildman–Crippen MR) is 83.5 cm³/mol. The fraction of sp³-hybridized carbons (Fsp3) is 0.333. The van der Waals surface area contributed by atoms with Crippen molar-refractivity contribution in [1.29, 1.82) is 0 Å². The van der Waals surface area contributed by atoms with Crippen LogP contribution in [0.2, 0.25) is 0 Å². The Hall–Kier alpha value is -1.96. The second-order valence-electron chi connectivity index (χ2n) is 5.67. The molecule has 2 nitrogen and oxygen atoms in total. The molecule has 0 aromatic heterocycles. The van der Waals surface area contributed by atoms with Crippen molar-refractivity contribution >= 4 is 5.69 Å². The fourth-order valence-electron chi connectivity index (χ4n) is 2.52. The Balaban J connectivity index is 1.64. The Morgan fingerprint density at radius 3 is 2.65 bits per heavy atom. The molecule has 1 aliphatic heterocycles. The van der Waals surface area contributed by atoms with E-state index in [2.05, 4.69) is 61.6 Å². The van der Waals surface area contributed by atoms with Crippen molar-refractivity contribution in [2.24, 2.45) is 0 Å². The molecule has 0 amide bonds. The summed E-state index contributed by atoms with van der Waals surface area (Å²) in [5, 5.41) is 3.48. The third kappa shape index (κ3) is 2.79. The van der Waals surface area contributed by atoms with Crippen LogP contribution in [-0.4, -0.2) is 6.61 Å². The van der Waals surface area contributed by atoms with Crippen LogP contribution in [-0.2, 0) is 13.0 Å². The summed E-state index contributed by atoms with van der Waals surface area (Å²) >= 11 is 0. The van der Waals surface area contributed by atoms with Crippen LogP contribution in [0.5, 0.6) is 5.75 Å². The van der Waals surface area contributed by atoms with Crippen LogP contribution in [0.4, 0.5) is 5.69 Å². The maximum atomic E-state index is 5.52. The number of nitrogens with one attached hydrogen (secondary N) is 1.